The minimum atomic E-state index is 0.449. The van der Waals surface area contributed by atoms with E-state index in [0.717, 1.165) is 13.1 Å². The molecule has 0 aliphatic heterocycles. The number of nitrogens with one attached hydrogen (secondary N) is 1. The predicted octanol–water partition coefficient (Wildman–Crippen LogP) is -0.870. The zero-order chi connectivity index (χ0) is 7.11. The van der Waals surface area contributed by atoms with Crippen LogP contribution in [-0.4, -0.2) is 26.2 Å². The molecule has 3 heteroatoms. The van der Waals surface area contributed by atoms with Crippen LogP contribution >= 0.6 is 0 Å². The third-order valence-corrected chi connectivity index (χ3v) is 1.35. The van der Waals surface area contributed by atoms with Crippen molar-refractivity contribution in [3.8, 4) is 0 Å². The Labute approximate surface area is 56.8 Å². The van der Waals surface area contributed by atoms with Crippen LogP contribution in [0.4, 0.5) is 0 Å². The lowest BCUT2D eigenvalue weighted by Gasteiger charge is -2.10. The van der Waals surface area contributed by atoms with E-state index in [-0.39, 0.29) is 0 Å². The largest absolute Gasteiger partial charge is 0.330 e. The van der Waals surface area contributed by atoms with Gasteiger partial charge in [-0.3, -0.25) is 0 Å². The first-order valence-electron chi connectivity index (χ1n) is 3.46. The van der Waals surface area contributed by atoms with Gasteiger partial charge in [-0.25, -0.2) is 0 Å². The van der Waals surface area contributed by atoms with Gasteiger partial charge in [0.2, 0.25) is 0 Å². The van der Waals surface area contributed by atoms with E-state index in [4.69, 9.17) is 11.5 Å². The molecule has 0 amide bonds. The summed E-state index contributed by atoms with van der Waals surface area (Å²) < 4.78 is 0. The van der Waals surface area contributed by atoms with Crippen LogP contribution in [0, 0.1) is 5.92 Å². The van der Waals surface area contributed by atoms with Gasteiger partial charge in [-0.05, 0) is 25.6 Å². The van der Waals surface area contributed by atoms with Crippen molar-refractivity contribution in [1.82, 2.24) is 5.32 Å². The fraction of sp³-hybridized carbons (Fsp3) is 1.00. The van der Waals surface area contributed by atoms with Gasteiger partial charge in [-0.2, -0.15) is 0 Å². The van der Waals surface area contributed by atoms with Gasteiger partial charge >= 0.3 is 0 Å². The zero-order valence-electron chi connectivity index (χ0n) is 6.06. The molecule has 0 aromatic heterocycles. The molecule has 0 saturated heterocycles. The highest BCUT2D eigenvalue weighted by Crippen LogP contribution is 1.85. The predicted molar refractivity (Wildman–Crippen MR) is 40.1 cm³/mol. The summed E-state index contributed by atoms with van der Waals surface area (Å²) in [6, 6.07) is 0. The first-order chi connectivity index (χ1) is 4.35. The summed E-state index contributed by atoms with van der Waals surface area (Å²) in [5.74, 6) is 0.449. The minimum Gasteiger partial charge on any atom is -0.330 e. The molecule has 0 aliphatic rings. The van der Waals surface area contributed by atoms with Gasteiger partial charge in [-0.1, -0.05) is 6.92 Å². The Balaban J connectivity index is 3.09. The molecule has 0 aromatic rings. The molecule has 0 aliphatic carbocycles. The molecule has 0 atom stereocenters. The SMILES string of the molecule is CCNCC(CN)CN. The number of hydrogen-bond acceptors (Lipinski definition) is 3. The summed E-state index contributed by atoms with van der Waals surface area (Å²) in [5, 5.41) is 3.19. The topological polar surface area (TPSA) is 64.1 Å². The molecule has 0 rings (SSSR count). The lowest BCUT2D eigenvalue weighted by molar-refractivity contribution is 0.502. The van der Waals surface area contributed by atoms with Crippen molar-refractivity contribution in [2.45, 2.75) is 6.92 Å². The Morgan fingerprint density at radius 1 is 1.33 bits per heavy atom. The number of nitrogens with two attached hydrogens (primary N) is 2. The van der Waals surface area contributed by atoms with E-state index >= 15 is 0 Å². The summed E-state index contributed by atoms with van der Waals surface area (Å²) >= 11 is 0. The summed E-state index contributed by atoms with van der Waals surface area (Å²) in [6.45, 7) is 5.39. The smallest absolute Gasteiger partial charge is 0.000353 e. The fourth-order valence-corrected chi connectivity index (χ4v) is 0.611. The first-order valence-corrected chi connectivity index (χ1v) is 3.46. The summed E-state index contributed by atoms with van der Waals surface area (Å²) in [5.41, 5.74) is 10.8. The van der Waals surface area contributed by atoms with Gasteiger partial charge in [0.05, 0.1) is 0 Å². The average Bonchev–Trinajstić information content (AvgIpc) is 1.91. The van der Waals surface area contributed by atoms with E-state index in [1.807, 2.05) is 0 Å². The van der Waals surface area contributed by atoms with E-state index in [0.29, 0.717) is 19.0 Å². The van der Waals surface area contributed by atoms with Gasteiger partial charge in [0.15, 0.2) is 0 Å². The van der Waals surface area contributed by atoms with Gasteiger partial charge in [0.1, 0.15) is 0 Å². The molecule has 0 fully saturated rings. The van der Waals surface area contributed by atoms with Crippen molar-refractivity contribution in [3.63, 3.8) is 0 Å². The van der Waals surface area contributed by atoms with Gasteiger partial charge < -0.3 is 16.8 Å². The summed E-state index contributed by atoms with van der Waals surface area (Å²) in [4.78, 5) is 0. The summed E-state index contributed by atoms with van der Waals surface area (Å²) in [7, 11) is 0. The molecule has 56 valence electrons. The maximum Gasteiger partial charge on any atom is 0.000353 e. The van der Waals surface area contributed by atoms with E-state index in [1.165, 1.54) is 0 Å². The van der Waals surface area contributed by atoms with Crippen LogP contribution in [0.25, 0.3) is 0 Å². The average molecular weight is 131 g/mol. The maximum atomic E-state index is 5.40. The fourth-order valence-electron chi connectivity index (χ4n) is 0.611. The summed E-state index contributed by atoms with van der Waals surface area (Å²) in [6.07, 6.45) is 0. The lowest BCUT2D eigenvalue weighted by Crippen LogP contribution is -2.33. The first kappa shape index (κ1) is 8.88. The number of hydrogen-bond donors (Lipinski definition) is 3. The second-order valence-corrected chi connectivity index (χ2v) is 2.15. The monoisotopic (exact) mass is 131 g/mol. The van der Waals surface area contributed by atoms with Gasteiger partial charge in [0, 0.05) is 6.54 Å². The Kier molecular flexibility index (Phi) is 5.93. The molecule has 3 nitrogen and oxygen atoms in total. The van der Waals surface area contributed by atoms with Crippen LogP contribution in [-0.2, 0) is 0 Å². The maximum absolute atomic E-state index is 5.40. The molecule has 0 spiro atoms. The molecule has 5 N–H and O–H groups in total. The quantitative estimate of drug-likeness (QED) is 0.454. The minimum absolute atomic E-state index is 0.449. The Hall–Kier alpha value is -0.120. The Bertz CT molecular complexity index is 52.3. The highest BCUT2D eigenvalue weighted by Gasteiger charge is 2.00. The van der Waals surface area contributed by atoms with E-state index < -0.39 is 0 Å². The van der Waals surface area contributed by atoms with Crippen molar-refractivity contribution in [2.75, 3.05) is 26.2 Å². The van der Waals surface area contributed by atoms with Gasteiger partial charge in [-0.15, -0.1) is 0 Å². The van der Waals surface area contributed by atoms with Gasteiger partial charge in [0.25, 0.3) is 0 Å². The standard InChI is InChI=1S/C6H17N3/c1-2-9-5-6(3-7)4-8/h6,9H,2-5,7-8H2,1H3. The van der Waals surface area contributed by atoms with Crippen LogP contribution in [0.2, 0.25) is 0 Å². The normalized spacial score (nSPS) is 10.7. The van der Waals surface area contributed by atoms with Crippen molar-refractivity contribution >= 4 is 0 Å². The van der Waals surface area contributed by atoms with Crippen molar-refractivity contribution in [3.05, 3.63) is 0 Å². The third-order valence-electron chi connectivity index (χ3n) is 1.35. The van der Waals surface area contributed by atoms with Crippen LogP contribution in [0.5, 0.6) is 0 Å². The lowest BCUT2D eigenvalue weighted by atomic mass is 10.1. The van der Waals surface area contributed by atoms with Crippen molar-refractivity contribution in [1.29, 1.82) is 0 Å². The molecular weight excluding hydrogens is 114 g/mol. The highest BCUT2D eigenvalue weighted by molar-refractivity contribution is 4.62. The zero-order valence-corrected chi connectivity index (χ0v) is 6.06. The molecule has 0 saturated carbocycles. The molecule has 0 bridgehead atoms. The van der Waals surface area contributed by atoms with Crippen molar-refractivity contribution in [2.24, 2.45) is 17.4 Å². The molecule has 0 aromatic carbocycles. The second-order valence-electron chi connectivity index (χ2n) is 2.15. The van der Waals surface area contributed by atoms with Crippen molar-refractivity contribution < 1.29 is 0 Å². The Morgan fingerprint density at radius 2 is 1.89 bits per heavy atom. The molecule has 0 unspecified atom stereocenters. The van der Waals surface area contributed by atoms with E-state index in [1.54, 1.807) is 0 Å². The second kappa shape index (κ2) is 6.01. The van der Waals surface area contributed by atoms with Crippen LogP contribution < -0.4 is 16.8 Å². The molecular formula is C6H17N3. The molecule has 0 heterocycles. The van der Waals surface area contributed by atoms with E-state index in [9.17, 15) is 0 Å². The van der Waals surface area contributed by atoms with E-state index in [2.05, 4.69) is 12.2 Å². The molecule has 9 heavy (non-hydrogen) atoms. The highest BCUT2D eigenvalue weighted by atomic mass is 14.9. The van der Waals surface area contributed by atoms with Crippen LogP contribution in [0.15, 0.2) is 0 Å². The van der Waals surface area contributed by atoms with Crippen LogP contribution in [0.1, 0.15) is 6.92 Å². The number of rotatable bonds is 5. The van der Waals surface area contributed by atoms with Crippen LogP contribution in [0.3, 0.4) is 0 Å². The molecule has 0 radical (unpaired) electrons. The third kappa shape index (κ3) is 4.39. The Morgan fingerprint density at radius 3 is 2.22 bits per heavy atom.